The first kappa shape index (κ1) is 17.9. The quantitative estimate of drug-likeness (QED) is 0.624. The van der Waals surface area contributed by atoms with Crippen molar-refractivity contribution in [2.24, 2.45) is 5.41 Å². The summed E-state index contributed by atoms with van der Waals surface area (Å²) in [6.45, 7) is 13.3. The van der Waals surface area contributed by atoms with Crippen LogP contribution in [0.1, 0.15) is 40.0 Å². The van der Waals surface area contributed by atoms with Gasteiger partial charge in [-0.05, 0) is 46.7 Å². The van der Waals surface area contributed by atoms with Crippen LogP contribution in [0.2, 0.25) is 0 Å². The van der Waals surface area contributed by atoms with Gasteiger partial charge in [-0.15, -0.1) is 0 Å². The summed E-state index contributed by atoms with van der Waals surface area (Å²) in [5.74, 6) is 0. The summed E-state index contributed by atoms with van der Waals surface area (Å²) in [7, 11) is 2.19. The van der Waals surface area contributed by atoms with E-state index >= 15 is 0 Å². The second kappa shape index (κ2) is 9.72. The average molecular weight is 286 g/mol. The lowest BCUT2D eigenvalue weighted by Crippen LogP contribution is -2.48. The second-order valence-electron chi connectivity index (χ2n) is 6.49. The van der Waals surface area contributed by atoms with Crippen LogP contribution in [0, 0.1) is 5.41 Å². The Labute approximate surface area is 125 Å². The Hall–Kier alpha value is -0.160. The fourth-order valence-electron chi connectivity index (χ4n) is 2.86. The zero-order valence-corrected chi connectivity index (χ0v) is 13.9. The van der Waals surface area contributed by atoms with Gasteiger partial charge in [0, 0.05) is 31.7 Å². The Kier molecular flexibility index (Phi) is 8.69. The Morgan fingerprint density at radius 3 is 2.80 bits per heavy atom. The van der Waals surface area contributed by atoms with Gasteiger partial charge in [0.15, 0.2) is 0 Å². The zero-order valence-electron chi connectivity index (χ0n) is 13.9. The fraction of sp³-hybridized carbons (Fsp3) is 1.00. The molecule has 20 heavy (non-hydrogen) atoms. The summed E-state index contributed by atoms with van der Waals surface area (Å²) >= 11 is 0. The summed E-state index contributed by atoms with van der Waals surface area (Å²) < 4.78 is 11.4. The monoisotopic (exact) mass is 286 g/mol. The van der Waals surface area contributed by atoms with E-state index in [0.29, 0.717) is 6.10 Å². The minimum absolute atomic E-state index is 0.278. The lowest BCUT2D eigenvalue weighted by molar-refractivity contribution is -0.0274. The van der Waals surface area contributed by atoms with Gasteiger partial charge in [0.25, 0.3) is 0 Å². The molecule has 0 aromatic carbocycles. The summed E-state index contributed by atoms with van der Waals surface area (Å²) in [6.07, 6.45) is 3.96. The standard InChI is InChI=1S/C16H34N2O2/c1-5-8-17-12-16(7-6-10-19-14-16)13-18(4)9-11-20-15(2)3/h15,17H,5-14H2,1-4H3. The summed E-state index contributed by atoms with van der Waals surface area (Å²) in [5.41, 5.74) is 0.278. The lowest BCUT2D eigenvalue weighted by atomic mass is 9.81. The lowest BCUT2D eigenvalue weighted by Gasteiger charge is -2.40. The van der Waals surface area contributed by atoms with Gasteiger partial charge in [-0.3, -0.25) is 0 Å². The normalized spacial score (nSPS) is 23.7. The third kappa shape index (κ3) is 7.02. The van der Waals surface area contributed by atoms with Crippen LogP contribution in [0.4, 0.5) is 0 Å². The molecule has 1 atom stereocenters. The highest BCUT2D eigenvalue weighted by molar-refractivity contribution is 4.86. The molecule has 1 fully saturated rings. The highest BCUT2D eigenvalue weighted by Crippen LogP contribution is 2.28. The van der Waals surface area contributed by atoms with Crippen molar-refractivity contribution in [2.45, 2.75) is 46.1 Å². The maximum absolute atomic E-state index is 5.76. The van der Waals surface area contributed by atoms with E-state index < -0.39 is 0 Å². The van der Waals surface area contributed by atoms with Gasteiger partial charge in [0.1, 0.15) is 0 Å². The Bertz CT molecular complexity index is 241. The van der Waals surface area contributed by atoms with Crippen LogP contribution in [-0.2, 0) is 9.47 Å². The number of nitrogens with zero attached hydrogens (tertiary/aromatic N) is 1. The van der Waals surface area contributed by atoms with Crippen LogP contribution in [-0.4, -0.2) is 64.1 Å². The molecule has 1 N–H and O–H groups in total. The molecule has 0 aromatic heterocycles. The molecule has 1 rings (SSSR count). The Morgan fingerprint density at radius 1 is 1.40 bits per heavy atom. The molecule has 0 bridgehead atoms. The van der Waals surface area contributed by atoms with Crippen LogP contribution in [0.3, 0.4) is 0 Å². The van der Waals surface area contributed by atoms with Gasteiger partial charge in [0.2, 0.25) is 0 Å². The molecule has 0 aliphatic carbocycles. The van der Waals surface area contributed by atoms with E-state index in [1.807, 2.05) is 0 Å². The number of nitrogens with one attached hydrogen (secondary N) is 1. The van der Waals surface area contributed by atoms with Crippen molar-refractivity contribution in [1.29, 1.82) is 0 Å². The molecule has 0 radical (unpaired) electrons. The van der Waals surface area contributed by atoms with E-state index in [9.17, 15) is 0 Å². The molecule has 120 valence electrons. The highest BCUT2D eigenvalue weighted by Gasteiger charge is 2.33. The van der Waals surface area contributed by atoms with Gasteiger partial charge < -0.3 is 19.7 Å². The minimum Gasteiger partial charge on any atom is -0.381 e. The van der Waals surface area contributed by atoms with Gasteiger partial charge in [-0.25, -0.2) is 0 Å². The van der Waals surface area contributed by atoms with Crippen molar-refractivity contribution in [3.05, 3.63) is 0 Å². The molecule has 0 spiro atoms. The van der Waals surface area contributed by atoms with E-state index in [2.05, 4.69) is 38.0 Å². The largest absolute Gasteiger partial charge is 0.381 e. The van der Waals surface area contributed by atoms with Crippen LogP contribution >= 0.6 is 0 Å². The van der Waals surface area contributed by atoms with Crippen LogP contribution in [0.15, 0.2) is 0 Å². The first-order valence-corrected chi connectivity index (χ1v) is 8.16. The number of hydrogen-bond donors (Lipinski definition) is 1. The van der Waals surface area contributed by atoms with E-state index in [-0.39, 0.29) is 5.41 Å². The average Bonchev–Trinajstić information content (AvgIpc) is 2.39. The number of ether oxygens (including phenoxy) is 2. The number of likely N-dealkylation sites (N-methyl/N-ethyl adjacent to an activating group) is 1. The van der Waals surface area contributed by atoms with E-state index in [1.165, 1.54) is 19.3 Å². The predicted molar refractivity (Wildman–Crippen MR) is 84.2 cm³/mol. The van der Waals surface area contributed by atoms with Crippen molar-refractivity contribution >= 4 is 0 Å². The van der Waals surface area contributed by atoms with Crippen molar-refractivity contribution < 1.29 is 9.47 Å². The molecule has 0 amide bonds. The SMILES string of the molecule is CCCNCC1(CN(C)CCOC(C)C)CCCOC1. The van der Waals surface area contributed by atoms with Crippen LogP contribution < -0.4 is 5.32 Å². The van der Waals surface area contributed by atoms with Crippen molar-refractivity contribution in [3.63, 3.8) is 0 Å². The molecule has 1 aliphatic rings. The predicted octanol–water partition coefficient (Wildman–Crippen LogP) is 2.14. The molecule has 1 aliphatic heterocycles. The molecular formula is C16H34N2O2. The number of rotatable bonds is 10. The first-order valence-electron chi connectivity index (χ1n) is 8.16. The summed E-state index contributed by atoms with van der Waals surface area (Å²) in [5, 5.41) is 3.59. The van der Waals surface area contributed by atoms with Crippen LogP contribution in [0.5, 0.6) is 0 Å². The van der Waals surface area contributed by atoms with Gasteiger partial charge >= 0.3 is 0 Å². The van der Waals surface area contributed by atoms with Crippen molar-refractivity contribution in [3.8, 4) is 0 Å². The molecule has 4 heteroatoms. The van der Waals surface area contributed by atoms with Gasteiger partial charge in [-0.2, -0.15) is 0 Å². The van der Waals surface area contributed by atoms with Crippen molar-refractivity contribution in [2.75, 3.05) is 53.0 Å². The van der Waals surface area contributed by atoms with E-state index in [0.717, 1.165) is 46.0 Å². The van der Waals surface area contributed by atoms with Crippen molar-refractivity contribution in [1.82, 2.24) is 10.2 Å². The third-order valence-electron chi connectivity index (χ3n) is 3.86. The first-order chi connectivity index (χ1) is 9.58. The molecule has 1 heterocycles. The fourth-order valence-corrected chi connectivity index (χ4v) is 2.86. The van der Waals surface area contributed by atoms with Gasteiger partial charge in [0.05, 0.1) is 19.3 Å². The highest BCUT2D eigenvalue weighted by atomic mass is 16.5. The molecule has 4 nitrogen and oxygen atoms in total. The summed E-state index contributed by atoms with van der Waals surface area (Å²) in [6, 6.07) is 0. The number of hydrogen-bond acceptors (Lipinski definition) is 4. The topological polar surface area (TPSA) is 33.7 Å². The minimum atomic E-state index is 0.278. The molecule has 0 aromatic rings. The smallest absolute Gasteiger partial charge is 0.0596 e. The second-order valence-corrected chi connectivity index (χ2v) is 6.49. The maximum atomic E-state index is 5.76. The maximum Gasteiger partial charge on any atom is 0.0596 e. The van der Waals surface area contributed by atoms with Crippen LogP contribution in [0.25, 0.3) is 0 Å². The zero-order chi connectivity index (χ0) is 14.8. The molecular weight excluding hydrogens is 252 g/mol. The molecule has 1 saturated heterocycles. The third-order valence-corrected chi connectivity index (χ3v) is 3.86. The Balaban J connectivity index is 2.38. The summed E-state index contributed by atoms with van der Waals surface area (Å²) in [4.78, 5) is 2.39. The van der Waals surface area contributed by atoms with E-state index in [4.69, 9.17) is 9.47 Å². The molecule has 1 unspecified atom stereocenters. The van der Waals surface area contributed by atoms with Gasteiger partial charge in [-0.1, -0.05) is 6.92 Å². The molecule has 0 saturated carbocycles. The Morgan fingerprint density at radius 2 is 2.20 bits per heavy atom. The van der Waals surface area contributed by atoms with E-state index in [1.54, 1.807) is 0 Å².